The van der Waals surface area contributed by atoms with E-state index >= 15 is 0 Å². The van der Waals surface area contributed by atoms with Crippen LogP contribution in [0.25, 0.3) is 0 Å². The molecule has 0 radical (unpaired) electrons. The Morgan fingerprint density at radius 1 is 0.413 bits per heavy atom. The van der Waals surface area contributed by atoms with Gasteiger partial charge in [0.15, 0.2) is 6.10 Å². The van der Waals surface area contributed by atoms with Crippen LogP contribution in [0.3, 0.4) is 0 Å². The number of phosphoric acid groups is 1. The van der Waals surface area contributed by atoms with Crippen LogP contribution in [0.4, 0.5) is 0 Å². The fourth-order valence-corrected chi connectivity index (χ4v) is 10.2. The number of carbonyl (C=O) groups excluding carboxylic acids is 2. The zero-order valence-corrected chi connectivity index (χ0v) is 51.2. The molecule has 1 N–H and O–H groups in total. The number of carbonyl (C=O) groups is 2. The first kappa shape index (κ1) is 73.2. The Labute approximate surface area is 465 Å². The second-order valence-electron chi connectivity index (χ2n) is 23.2. The number of hydrogen-bond donors (Lipinski definition) is 1. The number of phosphoric ester groups is 1. The van der Waals surface area contributed by atoms with E-state index in [1.54, 1.807) is 0 Å². The van der Waals surface area contributed by atoms with Crippen LogP contribution in [0, 0.1) is 0 Å². The van der Waals surface area contributed by atoms with Crippen molar-refractivity contribution in [3.05, 3.63) is 36.5 Å². The minimum atomic E-state index is -4.38. The number of quaternary nitrogens is 1. The lowest BCUT2D eigenvalue weighted by Gasteiger charge is -2.24. The van der Waals surface area contributed by atoms with Crippen LogP contribution >= 0.6 is 7.82 Å². The monoisotopic (exact) mass is 1080 g/mol. The lowest BCUT2D eigenvalue weighted by atomic mass is 10.0. The molecule has 0 saturated carbocycles. The third-order valence-electron chi connectivity index (χ3n) is 14.4. The molecule has 0 aromatic carbocycles. The third kappa shape index (κ3) is 61.3. The first-order valence-electron chi connectivity index (χ1n) is 32.2. The standard InChI is InChI=1S/C65H124NO8P/c1-6-8-10-12-14-16-18-19-20-21-22-23-24-25-26-27-28-29-30-31-32-33-34-35-36-37-38-39-40-41-42-43-44-45-46-47-48-50-52-54-56-58-65(68)74-63(62-73-75(69,70)72-60-59-66(3,4)5)61-71-64(67)57-55-53-51-49-17-15-13-11-9-7-2/h18-19,21-22,24-25,63H,6-17,20,23,26-62H2,1-5H3/p+1/b19-18-,22-21-,25-24-. The third-order valence-corrected chi connectivity index (χ3v) is 15.4. The van der Waals surface area contributed by atoms with Crippen molar-refractivity contribution >= 4 is 19.8 Å². The summed E-state index contributed by atoms with van der Waals surface area (Å²) < 4.78 is 34.5. The first-order chi connectivity index (χ1) is 36.5. The molecular weight excluding hydrogens is 954 g/mol. The second kappa shape index (κ2) is 56.9. The van der Waals surface area contributed by atoms with Gasteiger partial charge in [-0.05, 0) is 51.4 Å². The van der Waals surface area contributed by atoms with Crippen LogP contribution < -0.4 is 0 Å². The molecule has 0 heterocycles. The number of likely N-dealkylation sites (N-methyl/N-ethyl adjacent to an activating group) is 1. The van der Waals surface area contributed by atoms with Gasteiger partial charge in [-0.25, -0.2) is 4.57 Å². The van der Waals surface area contributed by atoms with Gasteiger partial charge in [-0.15, -0.1) is 0 Å². The maximum Gasteiger partial charge on any atom is 0.472 e. The van der Waals surface area contributed by atoms with Crippen LogP contribution in [0.15, 0.2) is 36.5 Å². The highest BCUT2D eigenvalue weighted by Gasteiger charge is 2.27. The van der Waals surface area contributed by atoms with Crippen LogP contribution in [0.2, 0.25) is 0 Å². The Morgan fingerprint density at radius 2 is 0.720 bits per heavy atom. The molecule has 0 aliphatic heterocycles. The van der Waals surface area contributed by atoms with E-state index in [1.165, 1.54) is 238 Å². The van der Waals surface area contributed by atoms with E-state index in [0.717, 1.165) is 44.9 Å². The van der Waals surface area contributed by atoms with Crippen molar-refractivity contribution in [3.63, 3.8) is 0 Å². The molecule has 75 heavy (non-hydrogen) atoms. The van der Waals surface area contributed by atoms with E-state index in [1.807, 2.05) is 21.1 Å². The van der Waals surface area contributed by atoms with Gasteiger partial charge in [0, 0.05) is 12.8 Å². The molecular formula is C65H125NO8P+. The maximum atomic E-state index is 12.8. The van der Waals surface area contributed by atoms with Gasteiger partial charge in [0.1, 0.15) is 19.8 Å². The molecule has 2 unspecified atom stereocenters. The average molecular weight is 1080 g/mol. The Bertz CT molecular complexity index is 1360. The van der Waals surface area contributed by atoms with Gasteiger partial charge < -0.3 is 18.9 Å². The van der Waals surface area contributed by atoms with Crippen LogP contribution in [0.5, 0.6) is 0 Å². The van der Waals surface area contributed by atoms with E-state index in [0.29, 0.717) is 23.9 Å². The summed E-state index contributed by atoms with van der Waals surface area (Å²) in [6.07, 6.45) is 71.3. The van der Waals surface area contributed by atoms with Gasteiger partial charge in [-0.2, -0.15) is 0 Å². The highest BCUT2D eigenvalue weighted by atomic mass is 31.2. The van der Waals surface area contributed by atoms with Gasteiger partial charge >= 0.3 is 19.8 Å². The quantitative estimate of drug-likeness (QED) is 0.0211. The molecule has 442 valence electrons. The Balaban J connectivity index is 3.79. The van der Waals surface area contributed by atoms with Crippen molar-refractivity contribution in [3.8, 4) is 0 Å². The van der Waals surface area contributed by atoms with Gasteiger partial charge in [-0.3, -0.25) is 18.6 Å². The topological polar surface area (TPSA) is 108 Å². The van der Waals surface area contributed by atoms with E-state index in [-0.39, 0.29) is 25.6 Å². The fourth-order valence-electron chi connectivity index (χ4n) is 9.44. The summed E-state index contributed by atoms with van der Waals surface area (Å²) in [7, 11) is 1.49. The summed E-state index contributed by atoms with van der Waals surface area (Å²) in [5.41, 5.74) is 0. The highest BCUT2D eigenvalue weighted by Crippen LogP contribution is 2.43. The van der Waals surface area contributed by atoms with Crippen molar-refractivity contribution in [2.24, 2.45) is 0 Å². The normalized spacial score (nSPS) is 13.4. The minimum absolute atomic E-state index is 0.0352. The lowest BCUT2D eigenvalue weighted by molar-refractivity contribution is -0.870. The van der Waals surface area contributed by atoms with Crippen molar-refractivity contribution in [2.75, 3.05) is 47.5 Å². The number of hydrogen-bond acceptors (Lipinski definition) is 7. The molecule has 9 nitrogen and oxygen atoms in total. The van der Waals surface area contributed by atoms with Crippen molar-refractivity contribution in [1.29, 1.82) is 0 Å². The molecule has 0 bridgehead atoms. The molecule has 0 amide bonds. The van der Waals surface area contributed by atoms with Crippen LogP contribution in [0.1, 0.15) is 316 Å². The van der Waals surface area contributed by atoms with Crippen molar-refractivity contribution < 1.29 is 42.1 Å². The van der Waals surface area contributed by atoms with E-state index in [9.17, 15) is 19.0 Å². The Morgan fingerprint density at radius 3 is 1.07 bits per heavy atom. The predicted octanol–water partition coefficient (Wildman–Crippen LogP) is 20.3. The van der Waals surface area contributed by atoms with Gasteiger partial charge in [-0.1, -0.05) is 288 Å². The van der Waals surface area contributed by atoms with Crippen LogP contribution in [-0.2, 0) is 32.7 Å². The number of unbranched alkanes of at least 4 members (excludes halogenated alkanes) is 40. The average Bonchev–Trinajstić information content (AvgIpc) is 3.37. The lowest BCUT2D eigenvalue weighted by Crippen LogP contribution is -2.37. The van der Waals surface area contributed by atoms with E-state index in [4.69, 9.17) is 18.5 Å². The first-order valence-corrected chi connectivity index (χ1v) is 33.7. The van der Waals surface area contributed by atoms with E-state index < -0.39 is 26.5 Å². The van der Waals surface area contributed by atoms with Crippen LogP contribution in [-0.4, -0.2) is 74.9 Å². The molecule has 0 fully saturated rings. The SMILES string of the molecule is CCCCCCC/C=C\C/C=C\C/C=C\CCCCCCCCCCCCCCCCCCCCCCCCCCCCC(=O)OC(COC(=O)CCCCCCCCCCCC)COP(=O)(O)OCC[N+](C)(C)C. The predicted molar refractivity (Wildman–Crippen MR) is 321 cm³/mol. The number of allylic oxidation sites excluding steroid dienone is 6. The molecule has 10 heteroatoms. The molecule has 2 atom stereocenters. The second-order valence-corrected chi connectivity index (χ2v) is 24.6. The maximum absolute atomic E-state index is 12.8. The summed E-state index contributed by atoms with van der Waals surface area (Å²) >= 11 is 0. The zero-order chi connectivity index (χ0) is 54.9. The summed E-state index contributed by atoms with van der Waals surface area (Å²) in [5, 5.41) is 0. The Hall–Kier alpha value is -1.77. The number of rotatable bonds is 60. The summed E-state index contributed by atoms with van der Waals surface area (Å²) in [6, 6.07) is 0. The van der Waals surface area contributed by atoms with Gasteiger partial charge in [0.25, 0.3) is 0 Å². The largest absolute Gasteiger partial charge is 0.472 e. The fraction of sp³-hybridized carbons (Fsp3) is 0.877. The molecule has 0 rings (SSSR count). The summed E-state index contributed by atoms with van der Waals surface area (Å²) in [5.74, 6) is -0.783. The number of ether oxygens (including phenoxy) is 2. The van der Waals surface area contributed by atoms with Gasteiger partial charge in [0.2, 0.25) is 0 Å². The molecule has 0 aromatic heterocycles. The minimum Gasteiger partial charge on any atom is -0.462 e. The number of esters is 2. The Kier molecular flexibility index (Phi) is 55.6. The number of nitrogens with zero attached hydrogens (tertiary/aromatic N) is 1. The van der Waals surface area contributed by atoms with E-state index in [2.05, 4.69) is 50.3 Å². The smallest absolute Gasteiger partial charge is 0.462 e. The molecule has 0 aromatic rings. The zero-order valence-electron chi connectivity index (χ0n) is 50.3. The van der Waals surface area contributed by atoms with Crippen molar-refractivity contribution in [1.82, 2.24) is 0 Å². The molecule has 0 aliphatic rings. The summed E-state index contributed by atoms with van der Waals surface area (Å²) in [4.78, 5) is 35.5. The molecule has 0 aliphatic carbocycles. The van der Waals surface area contributed by atoms with Crippen molar-refractivity contribution in [2.45, 2.75) is 322 Å². The molecule has 0 saturated heterocycles. The summed E-state index contributed by atoms with van der Waals surface area (Å²) in [6.45, 7) is 4.44. The van der Waals surface area contributed by atoms with Gasteiger partial charge in [0.05, 0.1) is 27.7 Å². The molecule has 0 spiro atoms. The highest BCUT2D eigenvalue weighted by molar-refractivity contribution is 7.47.